The molecule has 0 spiro atoms. The smallest absolute Gasteiger partial charge is 0.291 e. The summed E-state index contributed by atoms with van der Waals surface area (Å²) in [5.41, 5.74) is 2.08. The number of imidazole rings is 1. The van der Waals surface area contributed by atoms with Gasteiger partial charge < -0.3 is 19.7 Å². The molecule has 29 heavy (non-hydrogen) atoms. The third-order valence-corrected chi connectivity index (χ3v) is 5.61. The minimum absolute atomic E-state index is 0.0970. The van der Waals surface area contributed by atoms with Crippen molar-refractivity contribution in [3.8, 4) is 6.07 Å². The number of rotatable bonds is 3. The van der Waals surface area contributed by atoms with Crippen LogP contribution in [0.3, 0.4) is 0 Å². The van der Waals surface area contributed by atoms with E-state index in [1.807, 2.05) is 16.5 Å². The van der Waals surface area contributed by atoms with Gasteiger partial charge in [0.15, 0.2) is 5.82 Å². The van der Waals surface area contributed by atoms with Gasteiger partial charge in [0.05, 0.1) is 16.9 Å². The fraction of sp³-hybridized carbons (Fsp3) is 0.429. The average molecular weight is 392 g/mol. The fourth-order valence-electron chi connectivity index (χ4n) is 3.91. The Labute approximate surface area is 169 Å². The van der Waals surface area contributed by atoms with Gasteiger partial charge in [-0.2, -0.15) is 5.26 Å². The Bertz CT molecular complexity index is 982. The molecular weight excluding hydrogens is 368 g/mol. The lowest BCUT2D eigenvalue weighted by atomic mass is 10.1. The zero-order valence-corrected chi connectivity index (χ0v) is 16.5. The topological polar surface area (TPSA) is 94.3 Å². The molecule has 0 aliphatic carbocycles. The Morgan fingerprint density at radius 1 is 1.10 bits per heavy atom. The van der Waals surface area contributed by atoms with Crippen LogP contribution in [0.4, 0.5) is 5.69 Å². The van der Waals surface area contributed by atoms with Crippen molar-refractivity contribution in [3.05, 3.63) is 47.0 Å². The van der Waals surface area contributed by atoms with E-state index in [9.17, 15) is 14.9 Å². The highest BCUT2D eigenvalue weighted by Crippen LogP contribution is 2.24. The van der Waals surface area contributed by atoms with Crippen LogP contribution in [0.2, 0.25) is 0 Å². The van der Waals surface area contributed by atoms with Crippen molar-refractivity contribution in [2.45, 2.75) is 25.8 Å². The van der Waals surface area contributed by atoms with Crippen molar-refractivity contribution in [1.82, 2.24) is 19.4 Å². The summed E-state index contributed by atoms with van der Waals surface area (Å²) in [5, 5.41) is 12.0. The van der Waals surface area contributed by atoms with Gasteiger partial charge in [0, 0.05) is 32.7 Å². The number of likely N-dealkylation sites (N-methyl/N-ethyl adjacent to an activating group) is 1. The number of fused-ring (bicyclic) bond motifs is 1. The number of hydrogen-bond donors (Lipinski definition) is 1. The van der Waals surface area contributed by atoms with Crippen molar-refractivity contribution in [1.29, 1.82) is 5.26 Å². The molecule has 2 aliphatic rings. The van der Waals surface area contributed by atoms with Crippen molar-refractivity contribution in [2.24, 2.45) is 0 Å². The second-order valence-electron chi connectivity index (χ2n) is 7.55. The largest absolute Gasteiger partial charge is 0.335 e. The van der Waals surface area contributed by atoms with E-state index < -0.39 is 5.91 Å². The van der Waals surface area contributed by atoms with Crippen LogP contribution in [-0.2, 0) is 13.0 Å². The van der Waals surface area contributed by atoms with E-state index in [-0.39, 0.29) is 11.7 Å². The number of nitrogens with zero attached hydrogens (tertiary/aromatic N) is 5. The Hall–Kier alpha value is -3.18. The molecule has 1 aromatic carbocycles. The maximum atomic E-state index is 13.1. The van der Waals surface area contributed by atoms with Crippen LogP contribution in [0.1, 0.15) is 45.2 Å². The van der Waals surface area contributed by atoms with Crippen LogP contribution in [-0.4, -0.2) is 64.4 Å². The molecule has 1 saturated heterocycles. The number of aromatic nitrogens is 2. The molecule has 2 aliphatic heterocycles. The lowest BCUT2D eigenvalue weighted by Gasteiger charge is -2.32. The van der Waals surface area contributed by atoms with Gasteiger partial charge in [-0.05, 0) is 38.4 Å². The van der Waals surface area contributed by atoms with Crippen molar-refractivity contribution in [2.75, 3.05) is 38.5 Å². The second-order valence-corrected chi connectivity index (χ2v) is 7.55. The molecule has 4 rings (SSSR count). The number of carbonyl (C=O) groups excluding carboxylic acids is 2. The van der Waals surface area contributed by atoms with E-state index in [1.54, 1.807) is 24.3 Å². The zero-order valence-electron chi connectivity index (χ0n) is 16.5. The Kier molecular flexibility index (Phi) is 5.32. The number of piperazine rings is 1. The minimum atomic E-state index is -0.395. The van der Waals surface area contributed by atoms with Gasteiger partial charge in [-0.3, -0.25) is 9.59 Å². The first-order chi connectivity index (χ1) is 14.1. The van der Waals surface area contributed by atoms with Gasteiger partial charge in [0.25, 0.3) is 11.8 Å². The quantitative estimate of drug-likeness (QED) is 0.859. The Balaban J connectivity index is 1.63. The first-order valence-corrected chi connectivity index (χ1v) is 9.96. The van der Waals surface area contributed by atoms with E-state index in [1.165, 1.54) is 0 Å². The molecule has 1 aromatic heterocycles. The fourth-order valence-corrected chi connectivity index (χ4v) is 3.91. The summed E-state index contributed by atoms with van der Waals surface area (Å²) < 4.78 is 1.87. The van der Waals surface area contributed by atoms with Gasteiger partial charge in [0.1, 0.15) is 11.8 Å². The van der Waals surface area contributed by atoms with Crippen LogP contribution < -0.4 is 5.32 Å². The number of nitriles is 1. The van der Waals surface area contributed by atoms with Gasteiger partial charge in [0.2, 0.25) is 0 Å². The summed E-state index contributed by atoms with van der Waals surface area (Å²) in [6.45, 7) is 3.67. The molecule has 2 aromatic rings. The lowest BCUT2D eigenvalue weighted by molar-refractivity contribution is 0.0657. The summed E-state index contributed by atoms with van der Waals surface area (Å²) in [7, 11) is 2.04. The second kappa shape index (κ2) is 8.05. The summed E-state index contributed by atoms with van der Waals surface area (Å²) in [4.78, 5) is 34.6. The predicted molar refractivity (Wildman–Crippen MR) is 108 cm³/mol. The van der Waals surface area contributed by atoms with Crippen molar-refractivity contribution in [3.63, 3.8) is 0 Å². The standard InChI is InChI=1S/C21H24N6O2/c1-25-10-12-26(13-11-25)21(29)18-17-8-4-5-9-27(17)19(24-18)20(28)23-16-7-3-2-6-15(16)14-22/h2-3,6-7H,4-5,8-13H2,1H3,(H,23,28). The van der Waals surface area contributed by atoms with E-state index in [2.05, 4.69) is 21.3 Å². The molecule has 0 atom stereocenters. The molecule has 2 amide bonds. The molecule has 1 fully saturated rings. The van der Waals surface area contributed by atoms with Gasteiger partial charge in [-0.25, -0.2) is 4.98 Å². The van der Waals surface area contributed by atoms with Crippen LogP contribution in [0.5, 0.6) is 0 Å². The Morgan fingerprint density at radius 3 is 2.62 bits per heavy atom. The summed E-state index contributed by atoms with van der Waals surface area (Å²) in [6.07, 6.45) is 2.66. The van der Waals surface area contributed by atoms with E-state index in [4.69, 9.17) is 0 Å². The number of benzene rings is 1. The Morgan fingerprint density at radius 2 is 1.86 bits per heavy atom. The molecule has 0 radical (unpaired) electrons. The van der Waals surface area contributed by atoms with E-state index in [0.29, 0.717) is 36.6 Å². The highest BCUT2D eigenvalue weighted by Gasteiger charge is 2.31. The number of nitrogens with one attached hydrogen (secondary N) is 1. The van der Waals surface area contributed by atoms with Gasteiger partial charge in [-0.15, -0.1) is 0 Å². The SMILES string of the molecule is CN1CCN(C(=O)c2nc(C(=O)Nc3ccccc3C#N)n3c2CCCC3)CC1. The van der Waals surface area contributed by atoms with Crippen LogP contribution in [0, 0.1) is 11.3 Å². The number of amides is 2. The van der Waals surface area contributed by atoms with E-state index >= 15 is 0 Å². The van der Waals surface area contributed by atoms with Gasteiger partial charge in [-0.1, -0.05) is 12.1 Å². The minimum Gasteiger partial charge on any atom is -0.335 e. The lowest BCUT2D eigenvalue weighted by Crippen LogP contribution is -2.47. The highest BCUT2D eigenvalue weighted by molar-refractivity contribution is 6.04. The number of hydrogen-bond acceptors (Lipinski definition) is 5. The highest BCUT2D eigenvalue weighted by atomic mass is 16.2. The van der Waals surface area contributed by atoms with Crippen LogP contribution >= 0.6 is 0 Å². The van der Waals surface area contributed by atoms with Crippen LogP contribution in [0.25, 0.3) is 0 Å². The monoisotopic (exact) mass is 392 g/mol. The summed E-state index contributed by atoms with van der Waals surface area (Å²) in [5.74, 6) is -0.251. The first-order valence-electron chi connectivity index (χ1n) is 9.96. The van der Waals surface area contributed by atoms with Gasteiger partial charge >= 0.3 is 0 Å². The molecule has 3 heterocycles. The number of para-hydroxylation sites is 1. The third kappa shape index (κ3) is 3.74. The average Bonchev–Trinajstić information content (AvgIpc) is 3.14. The molecule has 8 heteroatoms. The summed E-state index contributed by atoms with van der Waals surface area (Å²) >= 11 is 0. The molecule has 8 nitrogen and oxygen atoms in total. The molecule has 1 N–H and O–H groups in total. The summed E-state index contributed by atoms with van der Waals surface area (Å²) in [6, 6.07) is 8.93. The third-order valence-electron chi connectivity index (χ3n) is 5.61. The maximum Gasteiger partial charge on any atom is 0.291 e. The van der Waals surface area contributed by atoms with Crippen LogP contribution in [0.15, 0.2) is 24.3 Å². The van der Waals surface area contributed by atoms with Crippen molar-refractivity contribution >= 4 is 17.5 Å². The molecular formula is C21H24N6O2. The van der Waals surface area contributed by atoms with Crippen molar-refractivity contribution < 1.29 is 9.59 Å². The maximum absolute atomic E-state index is 13.1. The zero-order chi connectivity index (χ0) is 20.4. The number of anilines is 1. The predicted octanol–water partition coefficient (Wildman–Crippen LogP) is 1.73. The first kappa shape index (κ1) is 19.2. The van der Waals surface area contributed by atoms with E-state index in [0.717, 1.165) is 38.0 Å². The molecule has 150 valence electrons. The molecule has 0 unspecified atom stereocenters. The molecule has 0 saturated carbocycles. The number of carbonyl (C=O) groups is 2. The molecule has 0 bridgehead atoms. The normalized spacial score (nSPS) is 16.8.